The van der Waals surface area contributed by atoms with Gasteiger partial charge in [0.05, 0.1) is 0 Å². The molecule has 4 nitrogen and oxygen atoms in total. The van der Waals surface area contributed by atoms with Gasteiger partial charge in [-0.3, -0.25) is 4.79 Å². The zero-order valence-corrected chi connectivity index (χ0v) is 11.9. The monoisotopic (exact) mass is 293 g/mol. The Morgan fingerprint density at radius 2 is 2.00 bits per heavy atom. The van der Waals surface area contributed by atoms with Gasteiger partial charge < -0.3 is 10.0 Å². The fourth-order valence-electron chi connectivity index (χ4n) is 2.37. The first kappa shape index (κ1) is 14.6. The molecule has 1 N–H and O–H groups in total. The molecule has 1 unspecified atom stereocenters. The number of benzene rings is 1. The molecule has 1 heterocycles. The van der Waals surface area contributed by atoms with E-state index in [1.807, 2.05) is 0 Å². The van der Waals surface area contributed by atoms with E-state index in [0.717, 1.165) is 5.56 Å². The molecule has 5 heteroatoms. The van der Waals surface area contributed by atoms with Gasteiger partial charge in [-0.05, 0) is 43.5 Å². The minimum atomic E-state index is -1.10. The highest BCUT2D eigenvalue weighted by Gasteiger charge is 2.45. The maximum Gasteiger partial charge on any atom is 0.329 e. The third-order valence-electron chi connectivity index (χ3n) is 3.66. The molecule has 0 aliphatic carbocycles. The zero-order chi connectivity index (χ0) is 14.8. The van der Waals surface area contributed by atoms with Crippen LogP contribution in [0.4, 0.5) is 0 Å². The van der Waals surface area contributed by atoms with Crippen LogP contribution >= 0.6 is 11.6 Å². The van der Waals surface area contributed by atoms with E-state index in [-0.39, 0.29) is 5.91 Å². The molecule has 1 saturated heterocycles. The van der Waals surface area contributed by atoms with Crippen molar-refractivity contribution in [1.29, 1.82) is 0 Å². The Bertz CT molecular complexity index is 553. The lowest BCUT2D eigenvalue weighted by Crippen LogP contribution is -2.50. The van der Waals surface area contributed by atoms with E-state index in [1.165, 1.54) is 11.0 Å². The van der Waals surface area contributed by atoms with Gasteiger partial charge in [0.25, 0.3) is 0 Å². The highest BCUT2D eigenvalue weighted by atomic mass is 35.5. The molecule has 0 spiro atoms. The van der Waals surface area contributed by atoms with E-state index >= 15 is 0 Å². The van der Waals surface area contributed by atoms with Crippen LogP contribution in [-0.2, 0) is 9.59 Å². The van der Waals surface area contributed by atoms with E-state index in [4.69, 9.17) is 11.6 Å². The molecule has 20 heavy (non-hydrogen) atoms. The predicted molar refractivity (Wildman–Crippen MR) is 77.5 cm³/mol. The number of rotatable bonds is 3. The average Bonchev–Trinajstić information content (AvgIpc) is 2.81. The third kappa shape index (κ3) is 2.85. The first-order valence-electron chi connectivity index (χ1n) is 6.42. The molecule has 2 rings (SSSR count). The highest BCUT2D eigenvalue weighted by molar-refractivity contribution is 6.30. The molecule has 106 valence electrons. The number of carbonyl (C=O) groups is 2. The molecule has 1 atom stereocenters. The number of nitrogens with zero attached hydrogens (tertiary/aromatic N) is 1. The van der Waals surface area contributed by atoms with Gasteiger partial charge in [0, 0.05) is 17.6 Å². The summed E-state index contributed by atoms with van der Waals surface area (Å²) in [5, 5.41) is 9.91. The summed E-state index contributed by atoms with van der Waals surface area (Å²) in [6, 6.07) is 7.07. The minimum Gasteiger partial charge on any atom is -0.480 e. The summed E-state index contributed by atoms with van der Waals surface area (Å²) >= 11 is 5.79. The van der Waals surface area contributed by atoms with Crippen molar-refractivity contribution in [3.63, 3.8) is 0 Å². The molecule has 0 radical (unpaired) electrons. The maximum absolute atomic E-state index is 12.2. The Morgan fingerprint density at radius 1 is 1.35 bits per heavy atom. The van der Waals surface area contributed by atoms with Crippen molar-refractivity contribution in [2.24, 2.45) is 0 Å². The summed E-state index contributed by atoms with van der Waals surface area (Å²) in [5.74, 6) is -1.23. The summed E-state index contributed by atoms with van der Waals surface area (Å²) in [6.45, 7) is 2.07. The Labute approximate surface area is 122 Å². The smallest absolute Gasteiger partial charge is 0.329 e. The topological polar surface area (TPSA) is 57.6 Å². The van der Waals surface area contributed by atoms with E-state index in [1.54, 1.807) is 37.3 Å². The van der Waals surface area contributed by atoms with Gasteiger partial charge in [-0.25, -0.2) is 4.79 Å². The molecule has 0 aromatic heterocycles. The Hall–Kier alpha value is -1.81. The van der Waals surface area contributed by atoms with Crippen molar-refractivity contribution >= 4 is 29.6 Å². The number of aliphatic carboxylic acids is 1. The van der Waals surface area contributed by atoms with Crippen molar-refractivity contribution in [3.8, 4) is 0 Å². The Morgan fingerprint density at radius 3 is 2.60 bits per heavy atom. The zero-order valence-electron chi connectivity index (χ0n) is 11.2. The predicted octanol–water partition coefficient (Wildman–Crippen LogP) is 2.82. The standard InChI is InChI=1S/C15H16ClNO3/c1-15(14(19)20)9-2-10-17(15)13(18)8-5-11-3-6-12(16)7-4-11/h3-8H,2,9-10H2,1H3,(H,19,20). The number of amides is 1. The SMILES string of the molecule is CC1(C(=O)O)CCCN1C(=O)C=Cc1ccc(Cl)cc1. The van der Waals surface area contributed by atoms with E-state index < -0.39 is 11.5 Å². The van der Waals surface area contributed by atoms with Crippen molar-refractivity contribution in [2.75, 3.05) is 6.54 Å². The first-order chi connectivity index (χ1) is 9.43. The van der Waals surface area contributed by atoms with Crippen molar-refractivity contribution < 1.29 is 14.7 Å². The molecule has 0 saturated carbocycles. The van der Waals surface area contributed by atoms with Crippen LogP contribution in [0.2, 0.25) is 5.02 Å². The number of hydrogen-bond acceptors (Lipinski definition) is 2. The molecule has 1 amide bonds. The highest BCUT2D eigenvalue weighted by Crippen LogP contribution is 2.29. The molecule has 1 fully saturated rings. The summed E-state index contributed by atoms with van der Waals surface area (Å²) < 4.78 is 0. The van der Waals surface area contributed by atoms with Crippen molar-refractivity contribution in [1.82, 2.24) is 4.90 Å². The lowest BCUT2D eigenvalue weighted by molar-refractivity contribution is -0.153. The number of carboxylic acids is 1. The average molecular weight is 294 g/mol. The van der Waals surface area contributed by atoms with E-state index in [2.05, 4.69) is 0 Å². The van der Waals surface area contributed by atoms with Gasteiger partial charge >= 0.3 is 5.97 Å². The Balaban J connectivity index is 2.12. The first-order valence-corrected chi connectivity index (χ1v) is 6.80. The molecule has 1 aliphatic heterocycles. The fraction of sp³-hybridized carbons (Fsp3) is 0.333. The van der Waals surface area contributed by atoms with Crippen LogP contribution in [0, 0.1) is 0 Å². The summed E-state index contributed by atoms with van der Waals surface area (Å²) in [7, 11) is 0. The normalized spacial score (nSPS) is 22.4. The van der Waals surface area contributed by atoms with Gasteiger partial charge in [0.1, 0.15) is 5.54 Å². The molecule has 1 aromatic rings. The molecular formula is C15H16ClNO3. The van der Waals surface area contributed by atoms with Crippen molar-refractivity contribution in [2.45, 2.75) is 25.3 Å². The molecule has 1 aromatic carbocycles. The van der Waals surface area contributed by atoms with Gasteiger partial charge in [0.15, 0.2) is 0 Å². The van der Waals surface area contributed by atoms with Crippen LogP contribution in [-0.4, -0.2) is 34.0 Å². The molecule has 1 aliphatic rings. The Kier molecular flexibility index (Phi) is 4.14. The van der Waals surface area contributed by atoms with Gasteiger partial charge in [-0.2, -0.15) is 0 Å². The van der Waals surface area contributed by atoms with Crippen LogP contribution in [0.25, 0.3) is 6.08 Å². The van der Waals surface area contributed by atoms with Gasteiger partial charge in [-0.15, -0.1) is 0 Å². The number of carboxylic acid groups (broad SMARTS) is 1. The van der Waals surface area contributed by atoms with E-state index in [0.29, 0.717) is 24.4 Å². The van der Waals surface area contributed by atoms with E-state index in [9.17, 15) is 14.7 Å². The number of carbonyl (C=O) groups excluding carboxylic acids is 1. The second-order valence-corrected chi connectivity index (χ2v) is 5.49. The van der Waals surface area contributed by atoms with Crippen molar-refractivity contribution in [3.05, 3.63) is 40.9 Å². The molecule has 0 bridgehead atoms. The summed E-state index contributed by atoms with van der Waals surface area (Å²) in [6.07, 6.45) is 4.28. The summed E-state index contributed by atoms with van der Waals surface area (Å²) in [5.41, 5.74) is -0.250. The quantitative estimate of drug-likeness (QED) is 0.872. The van der Waals surface area contributed by atoms with Crippen LogP contribution in [0.1, 0.15) is 25.3 Å². The largest absolute Gasteiger partial charge is 0.480 e. The van der Waals surface area contributed by atoms with Gasteiger partial charge in [0.2, 0.25) is 5.91 Å². The number of hydrogen-bond donors (Lipinski definition) is 1. The van der Waals surface area contributed by atoms with Crippen LogP contribution in [0.15, 0.2) is 30.3 Å². The third-order valence-corrected chi connectivity index (χ3v) is 3.91. The lowest BCUT2D eigenvalue weighted by atomic mass is 9.99. The molecular weight excluding hydrogens is 278 g/mol. The minimum absolute atomic E-state index is 0.276. The number of halogens is 1. The lowest BCUT2D eigenvalue weighted by Gasteiger charge is -2.30. The fourth-order valence-corrected chi connectivity index (χ4v) is 2.50. The number of likely N-dealkylation sites (tertiary alicyclic amines) is 1. The van der Waals surface area contributed by atoms with Crippen LogP contribution in [0.5, 0.6) is 0 Å². The second kappa shape index (κ2) is 5.67. The summed E-state index contributed by atoms with van der Waals surface area (Å²) in [4.78, 5) is 24.9. The van der Waals surface area contributed by atoms with Gasteiger partial charge in [-0.1, -0.05) is 23.7 Å². The van der Waals surface area contributed by atoms with Crippen LogP contribution < -0.4 is 0 Å². The van der Waals surface area contributed by atoms with Crippen LogP contribution in [0.3, 0.4) is 0 Å². The second-order valence-electron chi connectivity index (χ2n) is 5.06. The maximum atomic E-state index is 12.2.